The van der Waals surface area contributed by atoms with Gasteiger partial charge in [0.1, 0.15) is 0 Å². The second kappa shape index (κ2) is 8.76. The molecule has 1 atom stereocenters. The lowest BCUT2D eigenvalue weighted by Crippen LogP contribution is -2.28. The van der Waals surface area contributed by atoms with Gasteiger partial charge in [-0.1, -0.05) is 32.4 Å². The van der Waals surface area contributed by atoms with Crippen molar-refractivity contribution in [2.24, 2.45) is 17.1 Å². The summed E-state index contributed by atoms with van der Waals surface area (Å²) in [5, 5.41) is 2.98. The van der Waals surface area contributed by atoms with Gasteiger partial charge in [0.2, 0.25) is 5.91 Å². The topological polar surface area (TPSA) is 55.1 Å². The molecule has 0 aromatic carbocycles. The van der Waals surface area contributed by atoms with Gasteiger partial charge in [-0.05, 0) is 49.3 Å². The Balaban J connectivity index is 2.26. The molecule has 0 bridgehead atoms. The highest BCUT2D eigenvalue weighted by Crippen LogP contribution is 2.32. The smallest absolute Gasteiger partial charge is 0.220 e. The summed E-state index contributed by atoms with van der Waals surface area (Å²) in [6.07, 6.45) is 3.30. The third-order valence-corrected chi connectivity index (χ3v) is 5.07. The molecule has 0 saturated carbocycles. The number of carbonyl (C=O) groups excluding carboxylic acids is 1. The molecule has 1 amide bonds. The number of nitrogens with two attached hydrogens (primary N) is 1. The van der Waals surface area contributed by atoms with E-state index < -0.39 is 0 Å². The quantitative estimate of drug-likeness (QED) is 0.760. The van der Waals surface area contributed by atoms with Gasteiger partial charge in [0, 0.05) is 17.8 Å². The van der Waals surface area contributed by atoms with Crippen LogP contribution < -0.4 is 11.1 Å². The number of hydrogen-bond acceptors (Lipinski definition) is 3. The highest BCUT2D eigenvalue weighted by Gasteiger charge is 2.24. The van der Waals surface area contributed by atoms with Crippen LogP contribution in [0.25, 0.3) is 0 Å². The molecule has 5 heteroatoms. The van der Waals surface area contributed by atoms with Crippen molar-refractivity contribution in [2.75, 3.05) is 13.1 Å². The first kappa shape index (κ1) is 18.5. The van der Waals surface area contributed by atoms with Crippen molar-refractivity contribution < 1.29 is 4.79 Å². The Labute approximate surface area is 137 Å². The minimum atomic E-state index is 0.129. The van der Waals surface area contributed by atoms with Crippen LogP contribution in [0.3, 0.4) is 0 Å². The van der Waals surface area contributed by atoms with E-state index in [2.05, 4.69) is 26.1 Å². The molecule has 1 aromatic heterocycles. The molecule has 120 valence electrons. The van der Waals surface area contributed by atoms with Gasteiger partial charge in [0.05, 0.1) is 4.34 Å². The van der Waals surface area contributed by atoms with E-state index in [0.29, 0.717) is 25.4 Å². The lowest BCUT2D eigenvalue weighted by atomic mass is 9.76. The van der Waals surface area contributed by atoms with Crippen molar-refractivity contribution in [1.29, 1.82) is 0 Å². The van der Waals surface area contributed by atoms with E-state index in [4.69, 9.17) is 17.3 Å². The van der Waals surface area contributed by atoms with Crippen LogP contribution in [0.1, 0.15) is 44.9 Å². The van der Waals surface area contributed by atoms with Gasteiger partial charge in [0.25, 0.3) is 0 Å². The summed E-state index contributed by atoms with van der Waals surface area (Å²) in [5.41, 5.74) is 5.87. The van der Waals surface area contributed by atoms with Crippen LogP contribution in [0.2, 0.25) is 4.34 Å². The van der Waals surface area contributed by atoms with Gasteiger partial charge < -0.3 is 11.1 Å². The predicted octanol–water partition coefficient (Wildman–Crippen LogP) is 3.85. The van der Waals surface area contributed by atoms with Crippen LogP contribution in [-0.4, -0.2) is 19.0 Å². The second-order valence-corrected chi connectivity index (χ2v) is 8.28. The van der Waals surface area contributed by atoms with Gasteiger partial charge in [0.15, 0.2) is 0 Å². The van der Waals surface area contributed by atoms with E-state index in [0.717, 1.165) is 23.6 Å². The SMILES string of the molecule is CC(C)(C)C(CCN)CCC(=O)NCCc1ccc(Cl)s1. The van der Waals surface area contributed by atoms with Crippen LogP contribution in [0.5, 0.6) is 0 Å². The summed E-state index contributed by atoms with van der Waals surface area (Å²) in [7, 11) is 0. The summed E-state index contributed by atoms with van der Waals surface area (Å²) in [6.45, 7) is 8.00. The van der Waals surface area contributed by atoms with E-state index in [1.54, 1.807) is 11.3 Å². The minimum absolute atomic E-state index is 0.129. The molecule has 0 saturated heterocycles. The van der Waals surface area contributed by atoms with Gasteiger partial charge in [-0.15, -0.1) is 11.3 Å². The molecular formula is C16H27ClN2OS. The molecule has 0 aliphatic heterocycles. The normalized spacial score (nSPS) is 13.2. The number of nitrogens with one attached hydrogen (secondary N) is 1. The Morgan fingerprint density at radius 3 is 2.62 bits per heavy atom. The first-order valence-electron chi connectivity index (χ1n) is 7.54. The molecule has 1 heterocycles. The molecule has 21 heavy (non-hydrogen) atoms. The largest absolute Gasteiger partial charge is 0.356 e. The zero-order chi connectivity index (χ0) is 15.9. The Morgan fingerprint density at radius 1 is 1.38 bits per heavy atom. The fraction of sp³-hybridized carbons (Fsp3) is 0.688. The lowest BCUT2D eigenvalue weighted by molar-refractivity contribution is -0.121. The zero-order valence-electron chi connectivity index (χ0n) is 13.2. The number of hydrogen-bond donors (Lipinski definition) is 2. The van der Waals surface area contributed by atoms with E-state index >= 15 is 0 Å². The molecular weight excluding hydrogens is 304 g/mol. The maximum atomic E-state index is 11.9. The zero-order valence-corrected chi connectivity index (χ0v) is 14.8. The summed E-state index contributed by atoms with van der Waals surface area (Å²) in [6, 6.07) is 3.90. The summed E-state index contributed by atoms with van der Waals surface area (Å²) in [4.78, 5) is 13.1. The van der Waals surface area contributed by atoms with Crippen LogP contribution in [0.4, 0.5) is 0 Å². The molecule has 0 aliphatic carbocycles. The first-order valence-corrected chi connectivity index (χ1v) is 8.73. The number of carbonyl (C=O) groups is 1. The van der Waals surface area contributed by atoms with Gasteiger partial charge >= 0.3 is 0 Å². The molecule has 1 unspecified atom stereocenters. The third kappa shape index (κ3) is 7.30. The van der Waals surface area contributed by atoms with E-state index in [1.807, 2.05) is 12.1 Å². The Kier molecular flexibility index (Phi) is 7.71. The number of rotatable bonds is 8. The van der Waals surface area contributed by atoms with E-state index in [9.17, 15) is 4.79 Å². The van der Waals surface area contributed by atoms with Gasteiger partial charge in [-0.25, -0.2) is 0 Å². The molecule has 0 fully saturated rings. The van der Waals surface area contributed by atoms with Crippen molar-refractivity contribution in [1.82, 2.24) is 5.32 Å². The number of thiophene rings is 1. The van der Waals surface area contributed by atoms with Crippen LogP contribution in [0.15, 0.2) is 12.1 Å². The first-order chi connectivity index (χ1) is 9.82. The highest BCUT2D eigenvalue weighted by atomic mass is 35.5. The average Bonchev–Trinajstić information content (AvgIpc) is 2.79. The molecule has 3 N–H and O–H groups in total. The van der Waals surface area contributed by atoms with Crippen molar-refractivity contribution in [3.05, 3.63) is 21.3 Å². The summed E-state index contributed by atoms with van der Waals surface area (Å²) in [5.74, 6) is 0.619. The second-order valence-electron chi connectivity index (χ2n) is 6.48. The molecule has 1 aromatic rings. The molecule has 0 radical (unpaired) electrons. The van der Waals surface area contributed by atoms with Crippen molar-refractivity contribution in [2.45, 2.75) is 46.5 Å². The predicted molar refractivity (Wildman–Crippen MR) is 91.9 cm³/mol. The minimum Gasteiger partial charge on any atom is -0.356 e. The summed E-state index contributed by atoms with van der Waals surface area (Å²) >= 11 is 7.45. The Morgan fingerprint density at radius 2 is 2.10 bits per heavy atom. The maximum Gasteiger partial charge on any atom is 0.220 e. The van der Waals surface area contributed by atoms with Crippen molar-refractivity contribution >= 4 is 28.8 Å². The van der Waals surface area contributed by atoms with Gasteiger partial charge in [-0.3, -0.25) is 4.79 Å². The monoisotopic (exact) mass is 330 g/mol. The lowest BCUT2D eigenvalue weighted by Gasteiger charge is -2.30. The highest BCUT2D eigenvalue weighted by molar-refractivity contribution is 7.16. The van der Waals surface area contributed by atoms with Crippen LogP contribution in [0, 0.1) is 11.3 Å². The third-order valence-electron chi connectivity index (χ3n) is 3.78. The molecule has 3 nitrogen and oxygen atoms in total. The Bertz CT molecular complexity index is 440. The number of amides is 1. The molecule has 0 spiro atoms. The van der Waals surface area contributed by atoms with Crippen molar-refractivity contribution in [3.8, 4) is 0 Å². The maximum absolute atomic E-state index is 11.9. The van der Waals surface area contributed by atoms with Crippen molar-refractivity contribution in [3.63, 3.8) is 0 Å². The Hall–Kier alpha value is -0.580. The van der Waals surface area contributed by atoms with Crippen LogP contribution >= 0.6 is 22.9 Å². The fourth-order valence-corrected chi connectivity index (χ4v) is 3.50. The fourth-order valence-electron chi connectivity index (χ4n) is 2.42. The standard InChI is InChI=1S/C16H27ClN2OS/c1-16(2,3)12(8-10-18)4-7-15(20)19-11-9-13-5-6-14(17)21-13/h5-6,12H,4,7-11,18H2,1-3H3,(H,19,20). The number of halogens is 1. The van der Waals surface area contributed by atoms with E-state index in [1.165, 1.54) is 4.88 Å². The van der Waals surface area contributed by atoms with Gasteiger partial charge in [-0.2, -0.15) is 0 Å². The van der Waals surface area contributed by atoms with Crippen LogP contribution in [-0.2, 0) is 11.2 Å². The molecule has 0 aliphatic rings. The van der Waals surface area contributed by atoms with E-state index in [-0.39, 0.29) is 11.3 Å². The summed E-state index contributed by atoms with van der Waals surface area (Å²) < 4.78 is 0.797. The average molecular weight is 331 g/mol. The molecule has 1 rings (SSSR count).